The Labute approximate surface area is 94.2 Å². The van der Waals surface area contributed by atoms with Crippen molar-refractivity contribution in [2.75, 3.05) is 0 Å². The van der Waals surface area contributed by atoms with Crippen LogP contribution in [0.15, 0.2) is 37.1 Å². The number of hydrogen-bond acceptors (Lipinski definition) is 3. The summed E-state index contributed by atoms with van der Waals surface area (Å²) in [7, 11) is 0. The molecule has 1 rings (SSSR count). The molecule has 0 radical (unpaired) electrons. The highest BCUT2D eigenvalue weighted by molar-refractivity contribution is 5.89. The Kier molecular flexibility index (Phi) is 6.28. The van der Waals surface area contributed by atoms with Gasteiger partial charge < -0.3 is 9.84 Å². The summed E-state index contributed by atoms with van der Waals surface area (Å²) in [4.78, 5) is 20.1. The molecular formula is C12H14O4. The van der Waals surface area contributed by atoms with Crippen LogP contribution in [0.25, 0.3) is 0 Å². The minimum atomic E-state index is -0.833. The number of aryl methyl sites for hydroxylation is 1. The normalized spacial score (nSPS) is 8.38. The van der Waals surface area contributed by atoms with Gasteiger partial charge in [-0.1, -0.05) is 24.3 Å². The average molecular weight is 222 g/mol. The van der Waals surface area contributed by atoms with Gasteiger partial charge in [-0.05, 0) is 19.1 Å². The molecule has 16 heavy (non-hydrogen) atoms. The maximum absolute atomic E-state index is 11.1. The lowest BCUT2D eigenvalue weighted by atomic mass is 10.1. The van der Waals surface area contributed by atoms with E-state index in [4.69, 9.17) is 9.90 Å². The van der Waals surface area contributed by atoms with Gasteiger partial charge in [-0.25, -0.2) is 4.79 Å². The van der Waals surface area contributed by atoms with E-state index in [1.807, 2.05) is 19.1 Å². The second-order valence-electron chi connectivity index (χ2n) is 2.96. The first-order chi connectivity index (χ1) is 7.47. The molecule has 0 aliphatic rings. The molecule has 0 atom stereocenters. The molecule has 1 aromatic rings. The van der Waals surface area contributed by atoms with Crippen molar-refractivity contribution in [3.8, 4) is 0 Å². The molecule has 0 aliphatic heterocycles. The fourth-order valence-electron chi connectivity index (χ4n) is 0.916. The van der Waals surface area contributed by atoms with Crippen LogP contribution in [0.4, 0.5) is 0 Å². The molecule has 0 fully saturated rings. The Hall–Kier alpha value is -2.10. The summed E-state index contributed by atoms with van der Waals surface area (Å²) in [6.45, 7) is 6.31. The molecule has 0 amide bonds. The molecule has 1 aromatic carbocycles. The van der Waals surface area contributed by atoms with E-state index in [9.17, 15) is 4.79 Å². The topological polar surface area (TPSA) is 63.6 Å². The van der Waals surface area contributed by atoms with Gasteiger partial charge in [0.1, 0.15) is 0 Å². The standard InChI is InChI=1S/C10H10O2.C2H4O2/c1-3-12-10(11)9-6-4-5-8(2)7-9;1-2(3)4/h3-7H,1H2,2H3;1H3,(H,3,4). The van der Waals surface area contributed by atoms with Crippen molar-refractivity contribution in [2.45, 2.75) is 13.8 Å². The Morgan fingerprint density at radius 3 is 2.44 bits per heavy atom. The highest BCUT2D eigenvalue weighted by Crippen LogP contribution is 2.05. The average Bonchev–Trinajstić information content (AvgIpc) is 2.17. The highest BCUT2D eigenvalue weighted by Gasteiger charge is 2.03. The van der Waals surface area contributed by atoms with Crippen molar-refractivity contribution in [2.24, 2.45) is 0 Å². The number of carbonyl (C=O) groups is 2. The van der Waals surface area contributed by atoms with Crippen molar-refractivity contribution in [1.82, 2.24) is 0 Å². The Morgan fingerprint density at radius 1 is 1.44 bits per heavy atom. The van der Waals surface area contributed by atoms with Crippen molar-refractivity contribution in [1.29, 1.82) is 0 Å². The second-order valence-corrected chi connectivity index (χ2v) is 2.96. The number of ether oxygens (including phenoxy) is 1. The van der Waals surface area contributed by atoms with Crippen molar-refractivity contribution >= 4 is 11.9 Å². The first-order valence-electron chi connectivity index (χ1n) is 4.55. The van der Waals surface area contributed by atoms with Gasteiger partial charge in [0.05, 0.1) is 11.8 Å². The molecule has 0 aromatic heterocycles. The first kappa shape index (κ1) is 13.9. The molecule has 0 bridgehead atoms. The van der Waals surface area contributed by atoms with Crippen LogP contribution in [-0.4, -0.2) is 17.0 Å². The maximum atomic E-state index is 11.1. The molecule has 86 valence electrons. The molecule has 4 nitrogen and oxygen atoms in total. The zero-order valence-corrected chi connectivity index (χ0v) is 9.27. The third-order valence-electron chi connectivity index (χ3n) is 1.44. The van der Waals surface area contributed by atoms with Crippen molar-refractivity contribution < 1.29 is 19.4 Å². The van der Waals surface area contributed by atoms with Crippen LogP contribution in [0.5, 0.6) is 0 Å². The van der Waals surface area contributed by atoms with E-state index in [1.165, 1.54) is 0 Å². The van der Waals surface area contributed by atoms with Gasteiger partial charge in [0, 0.05) is 6.92 Å². The first-order valence-corrected chi connectivity index (χ1v) is 4.55. The van der Waals surface area contributed by atoms with Gasteiger partial charge in [-0.2, -0.15) is 0 Å². The highest BCUT2D eigenvalue weighted by atomic mass is 16.5. The molecule has 1 N–H and O–H groups in total. The summed E-state index contributed by atoms with van der Waals surface area (Å²) in [6.07, 6.45) is 1.13. The van der Waals surface area contributed by atoms with Gasteiger partial charge >= 0.3 is 5.97 Å². The van der Waals surface area contributed by atoms with E-state index >= 15 is 0 Å². The van der Waals surface area contributed by atoms with E-state index in [0.717, 1.165) is 18.7 Å². The molecular weight excluding hydrogens is 208 g/mol. The molecule has 0 unspecified atom stereocenters. The van der Waals surface area contributed by atoms with Crippen LogP contribution >= 0.6 is 0 Å². The SMILES string of the molecule is C=COC(=O)c1cccc(C)c1.CC(=O)O. The summed E-state index contributed by atoms with van der Waals surface area (Å²) in [5.74, 6) is -1.20. The van der Waals surface area contributed by atoms with Gasteiger partial charge in [0.15, 0.2) is 0 Å². The number of hydrogen-bond donors (Lipinski definition) is 1. The zero-order chi connectivity index (χ0) is 12.6. The maximum Gasteiger partial charge on any atom is 0.342 e. The third-order valence-corrected chi connectivity index (χ3v) is 1.44. The van der Waals surface area contributed by atoms with Gasteiger partial charge in [-0.3, -0.25) is 4.79 Å². The fourth-order valence-corrected chi connectivity index (χ4v) is 0.916. The monoisotopic (exact) mass is 222 g/mol. The van der Waals surface area contributed by atoms with Crippen LogP contribution in [0.3, 0.4) is 0 Å². The molecule has 0 aliphatic carbocycles. The number of esters is 1. The molecule has 0 spiro atoms. The smallest absolute Gasteiger partial charge is 0.342 e. The summed E-state index contributed by atoms with van der Waals surface area (Å²) in [5.41, 5.74) is 1.59. The fraction of sp³-hybridized carbons (Fsp3) is 0.167. The van der Waals surface area contributed by atoms with E-state index in [0.29, 0.717) is 5.56 Å². The van der Waals surface area contributed by atoms with Crippen LogP contribution in [-0.2, 0) is 9.53 Å². The van der Waals surface area contributed by atoms with E-state index in [1.54, 1.807) is 12.1 Å². The van der Waals surface area contributed by atoms with Crippen molar-refractivity contribution in [3.05, 3.63) is 48.2 Å². The summed E-state index contributed by atoms with van der Waals surface area (Å²) < 4.78 is 4.61. The number of rotatable bonds is 2. The van der Waals surface area contributed by atoms with E-state index in [-0.39, 0.29) is 5.97 Å². The van der Waals surface area contributed by atoms with E-state index < -0.39 is 5.97 Å². The number of aliphatic carboxylic acids is 1. The molecule has 0 saturated heterocycles. The lowest BCUT2D eigenvalue weighted by Crippen LogP contribution is -1.99. The summed E-state index contributed by atoms with van der Waals surface area (Å²) >= 11 is 0. The number of benzene rings is 1. The number of carbonyl (C=O) groups excluding carboxylic acids is 1. The lowest BCUT2D eigenvalue weighted by Gasteiger charge is -1.98. The molecule has 4 heteroatoms. The summed E-state index contributed by atoms with van der Waals surface area (Å²) in [6, 6.07) is 7.21. The van der Waals surface area contributed by atoms with Crippen LogP contribution in [0, 0.1) is 6.92 Å². The van der Waals surface area contributed by atoms with Crippen LogP contribution in [0.1, 0.15) is 22.8 Å². The van der Waals surface area contributed by atoms with Crippen molar-refractivity contribution in [3.63, 3.8) is 0 Å². The van der Waals surface area contributed by atoms with Gasteiger partial charge in [-0.15, -0.1) is 0 Å². The Balaban J connectivity index is 0.000000487. The lowest BCUT2D eigenvalue weighted by molar-refractivity contribution is -0.134. The van der Waals surface area contributed by atoms with Gasteiger partial charge in [0.2, 0.25) is 0 Å². The Morgan fingerprint density at radius 2 is 2.00 bits per heavy atom. The van der Waals surface area contributed by atoms with E-state index in [2.05, 4.69) is 11.3 Å². The molecule has 0 heterocycles. The minimum absolute atomic E-state index is 0.367. The summed E-state index contributed by atoms with van der Waals surface area (Å²) in [5, 5.41) is 7.42. The Bertz CT molecular complexity index is 378. The minimum Gasteiger partial charge on any atom is -0.481 e. The largest absolute Gasteiger partial charge is 0.481 e. The second kappa shape index (κ2) is 7.23. The predicted molar refractivity (Wildman–Crippen MR) is 60.1 cm³/mol. The van der Waals surface area contributed by atoms with Gasteiger partial charge in [0.25, 0.3) is 5.97 Å². The number of carboxylic acid groups (broad SMARTS) is 1. The van der Waals surface area contributed by atoms with Crippen LogP contribution in [0.2, 0.25) is 0 Å². The predicted octanol–water partition coefficient (Wildman–Crippen LogP) is 2.39. The zero-order valence-electron chi connectivity index (χ0n) is 9.27. The quantitative estimate of drug-likeness (QED) is 0.616. The van der Waals surface area contributed by atoms with Crippen LogP contribution < -0.4 is 0 Å². The number of carboxylic acids is 1. The molecule has 0 saturated carbocycles. The third kappa shape index (κ3) is 6.37.